The highest BCUT2D eigenvalue weighted by molar-refractivity contribution is 7.89. The van der Waals surface area contributed by atoms with Crippen LogP contribution in [-0.4, -0.2) is 26.3 Å². The molecule has 1 unspecified atom stereocenters. The monoisotopic (exact) mass is 389 g/mol. The highest BCUT2D eigenvalue weighted by Crippen LogP contribution is 2.15. The van der Waals surface area contributed by atoms with Crippen LogP contribution in [0, 0.1) is 0 Å². The summed E-state index contributed by atoms with van der Waals surface area (Å²) in [5.74, 6) is -0.675. The molecule has 0 fully saturated rings. The fourth-order valence-corrected chi connectivity index (χ4v) is 3.64. The normalized spacial score (nSPS) is 13.4. The molecular formula is C19H23N3O4S. The Balaban J connectivity index is 2.01. The Morgan fingerprint density at radius 3 is 2.07 bits per heavy atom. The molecule has 3 N–H and O–H groups in total. The maximum Gasteiger partial charge on any atom is 0.241 e. The van der Waals surface area contributed by atoms with Gasteiger partial charge in [0.2, 0.25) is 21.8 Å². The number of hydrogen-bond donors (Lipinski definition) is 3. The predicted molar refractivity (Wildman–Crippen MR) is 104 cm³/mol. The van der Waals surface area contributed by atoms with Crippen molar-refractivity contribution in [3.05, 3.63) is 60.2 Å². The van der Waals surface area contributed by atoms with Gasteiger partial charge >= 0.3 is 0 Å². The fraction of sp³-hybridized carbons (Fsp3) is 0.263. The number of sulfonamides is 1. The Morgan fingerprint density at radius 2 is 1.52 bits per heavy atom. The second-order valence-electron chi connectivity index (χ2n) is 6.19. The Morgan fingerprint density at radius 1 is 0.926 bits per heavy atom. The third-order valence-corrected chi connectivity index (χ3v) is 5.43. The Kier molecular flexibility index (Phi) is 6.70. The number of anilines is 1. The molecule has 27 heavy (non-hydrogen) atoms. The molecule has 0 heterocycles. The van der Waals surface area contributed by atoms with Gasteiger partial charge < -0.3 is 10.6 Å². The van der Waals surface area contributed by atoms with Gasteiger partial charge in [-0.05, 0) is 43.7 Å². The largest absolute Gasteiger partial charge is 0.348 e. The summed E-state index contributed by atoms with van der Waals surface area (Å²) in [4.78, 5) is 23.4. The average Bonchev–Trinajstić information content (AvgIpc) is 2.62. The van der Waals surface area contributed by atoms with Gasteiger partial charge in [-0.1, -0.05) is 30.3 Å². The van der Waals surface area contributed by atoms with Crippen LogP contribution in [0.15, 0.2) is 59.5 Å². The van der Waals surface area contributed by atoms with E-state index in [1.165, 1.54) is 38.1 Å². The van der Waals surface area contributed by atoms with Gasteiger partial charge in [-0.3, -0.25) is 9.59 Å². The maximum absolute atomic E-state index is 12.5. The van der Waals surface area contributed by atoms with Crippen LogP contribution in [0.1, 0.15) is 32.4 Å². The number of amides is 2. The molecule has 0 saturated heterocycles. The maximum atomic E-state index is 12.5. The lowest BCUT2D eigenvalue weighted by atomic mass is 10.1. The van der Waals surface area contributed by atoms with Gasteiger partial charge in [0.15, 0.2) is 0 Å². The molecule has 0 aromatic heterocycles. The van der Waals surface area contributed by atoms with Crippen LogP contribution in [0.4, 0.5) is 5.69 Å². The third kappa shape index (κ3) is 5.90. The smallest absolute Gasteiger partial charge is 0.241 e. The first-order valence-corrected chi connectivity index (χ1v) is 9.92. The highest BCUT2D eigenvalue weighted by atomic mass is 32.2. The van der Waals surface area contributed by atoms with E-state index in [4.69, 9.17) is 0 Å². The predicted octanol–water partition coefficient (Wildman–Crippen LogP) is 2.19. The molecule has 7 nitrogen and oxygen atoms in total. The fourth-order valence-electron chi connectivity index (χ4n) is 2.44. The average molecular weight is 389 g/mol. The van der Waals surface area contributed by atoms with E-state index in [0.29, 0.717) is 5.69 Å². The Bertz CT molecular complexity index is 896. The number of hydrogen-bond acceptors (Lipinski definition) is 4. The van der Waals surface area contributed by atoms with E-state index in [0.717, 1.165) is 5.56 Å². The SMILES string of the molecule is CC(=O)Nc1ccc(S(=O)(=O)N[C@@H](C)C(=O)NC(C)c2ccccc2)cc1. The molecule has 0 saturated carbocycles. The van der Waals surface area contributed by atoms with E-state index in [9.17, 15) is 18.0 Å². The lowest BCUT2D eigenvalue weighted by molar-refractivity contribution is -0.123. The van der Waals surface area contributed by atoms with Crippen LogP contribution in [-0.2, 0) is 19.6 Å². The zero-order chi connectivity index (χ0) is 20.0. The summed E-state index contributed by atoms with van der Waals surface area (Å²) in [6.07, 6.45) is 0. The Labute approximate surface area is 159 Å². The van der Waals surface area contributed by atoms with Crippen molar-refractivity contribution in [2.75, 3.05) is 5.32 Å². The van der Waals surface area contributed by atoms with Crippen molar-refractivity contribution in [3.8, 4) is 0 Å². The molecule has 2 rings (SSSR count). The second-order valence-corrected chi connectivity index (χ2v) is 7.90. The van der Waals surface area contributed by atoms with Crippen molar-refractivity contribution in [1.82, 2.24) is 10.0 Å². The first-order chi connectivity index (χ1) is 12.7. The minimum Gasteiger partial charge on any atom is -0.348 e. The van der Waals surface area contributed by atoms with Gasteiger partial charge in [-0.2, -0.15) is 4.72 Å². The second kappa shape index (κ2) is 8.79. The third-order valence-electron chi connectivity index (χ3n) is 3.87. The number of nitrogens with one attached hydrogen (secondary N) is 3. The van der Waals surface area contributed by atoms with E-state index < -0.39 is 22.0 Å². The molecule has 2 atom stereocenters. The molecule has 0 aliphatic rings. The highest BCUT2D eigenvalue weighted by Gasteiger charge is 2.23. The van der Waals surface area contributed by atoms with Crippen molar-refractivity contribution in [2.45, 2.75) is 37.8 Å². The number of rotatable bonds is 7. The van der Waals surface area contributed by atoms with Gasteiger partial charge in [0.05, 0.1) is 17.0 Å². The summed E-state index contributed by atoms with van der Waals surface area (Å²) in [5, 5.41) is 5.35. The van der Waals surface area contributed by atoms with Gasteiger partial charge in [-0.25, -0.2) is 8.42 Å². The summed E-state index contributed by atoms with van der Waals surface area (Å²) in [6, 6.07) is 13.9. The van der Waals surface area contributed by atoms with Crippen LogP contribution in [0.25, 0.3) is 0 Å². The van der Waals surface area contributed by atoms with Crippen molar-refractivity contribution in [3.63, 3.8) is 0 Å². The molecule has 2 aromatic carbocycles. The molecule has 2 aromatic rings. The van der Waals surface area contributed by atoms with Gasteiger partial charge in [0.25, 0.3) is 0 Å². The number of carbonyl (C=O) groups excluding carboxylic acids is 2. The van der Waals surface area contributed by atoms with E-state index in [1.54, 1.807) is 0 Å². The lowest BCUT2D eigenvalue weighted by Gasteiger charge is -2.19. The zero-order valence-electron chi connectivity index (χ0n) is 15.4. The minimum atomic E-state index is -3.87. The van der Waals surface area contributed by atoms with Crippen LogP contribution in [0.3, 0.4) is 0 Å². The molecule has 0 spiro atoms. The quantitative estimate of drug-likeness (QED) is 0.675. The minimum absolute atomic E-state index is 0.00681. The van der Waals surface area contributed by atoms with Crippen molar-refractivity contribution < 1.29 is 18.0 Å². The summed E-state index contributed by atoms with van der Waals surface area (Å²) in [7, 11) is -3.87. The summed E-state index contributed by atoms with van der Waals surface area (Å²) in [6.45, 7) is 4.68. The van der Waals surface area contributed by atoms with Crippen LogP contribution in [0.2, 0.25) is 0 Å². The number of carbonyl (C=O) groups is 2. The van der Waals surface area contributed by atoms with Crippen LogP contribution >= 0.6 is 0 Å². The van der Waals surface area contributed by atoms with Crippen molar-refractivity contribution >= 4 is 27.5 Å². The molecule has 0 aliphatic carbocycles. The van der Waals surface area contributed by atoms with Crippen molar-refractivity contribution in [2.24, 2.45) is 0 Å². The first kappa shape index (κ1) is 20.6. The number of benzene rings is 2. The van der Waals surface area contributed by atoms with E-state index in [-0.39, 0.29) is 16.8 Å². The summed E-state index contributed by atoms with van der Waals surface area (Å²) < 4.78 is 27.3. The molecule has 144 valence electrons. The van der Waals surface area contributed by atoms with E-state index >= 15 is 0 Å². The molecule has 0 bridgehead atoms. The molecular weight excluding hydrogens is 366 g/mol. The van der Waals surface area contributed by atoms with E-state index in [2.05, 4.69) is 15.4 Å². The summed E-state index contributed by atoms with van der Waals surface area (Å²) >= 11 is 0. The van der Waals surface area contributed by atoms with Gasteiger partial charge in [0.1, 0.15) is 0 Å². The summed E-state index contributed by atoms with van der Waals surface area (Å²) in [5.41, 5.74) is 1.42. The first-order valence-electron chi connectivity index (χ1n) is 8.44. The van der Waals surface area contributed by atoms with Crippen LogP contribution in [0.5, 0.6) is 0 Å². The Hall–Kier alpha value is -2.71. The van der Waals surface area contributed by atoms with Crippen molar-refractivity contribution in [1.29, 1.82) is 0 Å². The lowest BCUT2D eigenvalue weighted by Crippen LogP contribution is -2.45. The van der Waals surface area contributed by atoms with Crippen LogP contribution < -0.4 is 15.4 Å². The molecule has 8 heteroatoms. The van der Waals surface area contributed by atoms with Gasteiger partial charge in [-0.15, -0.1) is 0 Å². The van der Waals surface area contributed by atoms with E-state index in [1.807, 2.05) is 37.3 Å². The zero-order valence-corrected chi connectivity index (χ0v) is 16.2. The standard InChI is InChI=1S/C19H23N3O4S/c1-13(16-7-5-4-6-8-16)20-19(24)14(2)22-27(25,26)18-11-9-17(10-12-18)21-15(3)23/h4-14,22H,1-3H3,(H,20,24)(H,21,23)/t13?,14-/m0/s1. The van der Waals surface area contributed by atoms with Gasteiger partial charge in [0, 0.05) is 12.6 Å². The molecule has 0 aliphatic heterocycles. The molecule has 2 amide bonds. The topological polar surface area (TPSA) is 104 Å². The molecule has 0 radical (unpaired) electrons.